The molecule has 0 saturated carbocycles. The van der Waals surface area contributed by atoms with Crippen molar-refractivity contribution in [3.8, 4) is 0 Å². The van der Waals surface area contributed by atoms with Gasteiger partial charge >= 0.3 is 0 Å². The molecule has 0 heterocycles. The van der Waals surface area contributed by atoms with Crippen molar-refractivity contribution in [1.29, 1.82) is 0 Å². The summed E-state index contributed by atoms with van der Waals surface area (Å²) in [4.78, 5) is 2.42. The number of rotatable bonds is 10. The molecule has 0 aromatic heterocycles. The van der Waals surface area contributed by atoms with Crippen molar-refractivity contribution in [3.63, 3.8) is 0 Å². The first-order chi connectivity index (χ1) is 9.01. The summed E-state index contributed by atoms with van der Waals surface area (Å²) in [6, 6.07) is 0. The molecule has 0 fully saturated rings. The molecule has 0 unspecified atom stereocenters. The molecule has 0 aliphatic rings. The maximum absolute atomic E-state index is 4.21. The highest BCUT2D eigenvalue weighted by atomic mass is 15.1. The lowest BCUT2D eigenvalue weighted by Crippen LogP contribution is -2.23. The van der Waals surface area contributed by atoms with Crippen molar-refractivity contribution in [2.45, 2.75) is 66.7 Å². The standard InChI is InChI=1S/C18H33N/c1-7-10-18(6)19(14-8-2)15-13-17(5)12-9-11-16(3)4/h11,13H,6-10,12,14-15H2,1-5H3/b17-13+. The van der Waals surface area contributed by atoms with Crippen molar-refractivity contribution in [1.82, 2.24) is 4.90 Å². The molecular weight excluding hydrogens is 230 g/mol. The topological polar surface area (TPSA) is 3.24 Å². The zero-order chi connectivity index (χ0) is 14.7. The molecule has 19 heavy (non-hydrogen) atoms. The Morgan fingerprint density at radius 1 is 1.00 bits per heavy atom. The van der Waals surface area contributed by atoms with Gasteiger partial charge < -0.3 is 4.90 Å². The summed E-state index contributed by atoms with van der Waals surface area (Å²) >= 11 is 0. The van der Waals surface area contributed by atoms with E-state index in [0.29, 0.717) is 0 Å². The SMILES string of the molecule is C=C(CCC)N(C/C=C(\C)CCC=C(C)C)CCC. The van der Waals surface area contributed by atoms with Gasteiger partial charge in [-0.15, -0.1) is 0 Å². The highest BCUT2D eigenvalue weighted by Crippen LogP contribution is 2.12. The molecule has 110 valence electrons. The minimum atomic E-state index is 1.02. The molecule has 1 nitrogen and oxygen atoms in total. The first-order valence-electron chi connectivity index (χ1n) is 7.72. The van der Waals surface area contributed by atoms with Crippen LogP contribution in [0.1, 0.15) is 66.7 Å². The zero-order valence-corrected chi connectivity index (χ0v) is 13.8. The Morgan fingerprint density at radius 2 is 1.68 bits per heavy atom. The maximum atomic E-state index is 4.21. The third-order valence-electron chi connectivity index (χ3n) is 3.23. The van der Waals surface area contributed by atoms with Crippen LogP contribution in [0, 0.1) is 0 Å². The molecule has 0 bridgehead atoms. The van der Waals surface area contributed by atoms with E-state index < -0.39 is 0 Å². The van der Waals surface area contributed by atoms with Crippen molar-refractivity contribution in [2.24, 2.45) is 0 Å². The highest BCUT2D eigenvalue weighted by molar-refractivity contribution is 5.05. The van der Waals surface area contributed by atoms with Crippen LogP contribution in [0.5, 0.6) is 0 Å². The van der Waals surface area contributed by atoms with Gasteiger partial charge in [0.15, 0.2) is 0 Å². The van der Waals surface area contributed by atoms with E-state index in [4.69, 9.17) is 0 Å². The van der Waals surface area contributed by atoms with E-state index in [0.717, 1.165) is 25.9 Å². The monoisotopic (exact) mass is 263 g/mol. The minimum Gasteiger partial charge on any atom is -0.372 e. The Morgan fingerprint density at radius 3 is 2.21 bits per heavy atom. The second-order valence-corrected chi connectivity index (χ2v) is 5.63. The smallest absolute Gasteiger partial charge is 0.0358 e. The fourth-order valence-electron chi connectivity index (χ4n) is 2.05. The van der Waals surface area contributed by atoms with Gasteiger partial charge in [0.05, 0.1) is 0 Å². The summed E-state index contributed by atoms with van der Waals surface area (Å²) in [6.07, 6.45) is 10.5. The van der Waals surface area contributed by atoms with E-state index >= 15 is 0 Å². The van der Waals surface area contributed by atoms with E-state index in [1.54, 1.807) is 0 Å². The lowest BCUT2D eigenvalue weighted by atomic mass is 10.1. The van der Waals surface area contributed by atoms with Crippen LogP contribution in [0.3, 0.4) is 0 Å². The van der Waals surface area contributed by atoms with Crippen molar-refractivity contribution >= 4 is 0 Å². The molecule has 0 aliphatic heterocycles. The van der Waals surface area contributed by atoms with Crippen LogP contribution >= 0.6 is 0 Å². The van der Waals surface area contributed by atoms with Crippen LogP contribution in [0.15, 0.2) is 35.6 Å². The summed E-state index contributed by atoms with van der Waals surface area (Å²) in [6.45, 7) is 17.4. The molecular formula is C18H33N. The molecule has 0 radical (unpaired) electrons. The van der Waals surface area contributed by atoms with E-state index in [9.17, 15) is 0 Å². The summed E-state index contributed by atoms with van der Waals surface area (Å²) in [5, 5.41) is 0. The number of allylic oxidation sites excluding steroid dienone is 4. The first kappa shape index (κ1) is 18.0. The number of hydrogen-bond donors (Lipinski definition) is 0. The van der Waals surface area contributed by atoms with E-state index in [1.807, 2.05) is 0 Å². The maximum Gasteiger partial charge on any atom is 0.0358 e. The molecule has 0 spiro atoms. The summed E-state index contributed by atoms with van der Waals surface area (Å²) < 4.78 is 0. The van der Waals surface area contributed by atoms with Gasteiger partial charge in [-0.2, -0.15) is 0 Å². The number of nitrogens with zero attached hydrogens (tertiary/aromatic N) is 1. The van der Waals surface area contributed by atoms with Crippen molar-refractivity contribution in [2.75, 3.05) is 13.1 Å². The van der Waals surface area contributed by atoms with Gasteiger partial charge in [0.2, 0.25) is 0 Å². The van der Waals surface area contributed by atoms with Crippen LogP contribution in [-0.2, 0) is 0 Å². The van der Waals surface area contributed by atoms with E-state index in [2.05, 4.69) is 58.2 Å². The Kier molecular flexibility index (Phi) is 10.3. The Labute approximate surface area is 121 Å². The Bertz CT molecular complexity index is 306. The molecule has 0 rings (SSSR count). The molecule has 0 aliphatic carbocycles. The fourth-order valence-corrected chi connectivity index (χ4v) is 2.05. The fraction of sp³-hybridized carbons (Fsp3) is 0.667. The molecule has 0 N–H and O–H groups in total. The summed E-state index contributed by atoms with van der Waals surface area (Å²) in [7, 11) is 0. The van der Waals surface area contributed by atoms with Gasteiger partial charge in [-0.05, 0) is 46.5 Å². The summed E-state index contributed by atoms with van der Waals surface area (Å²) in [5.41, 5.74) is 4.19. The van der Waals surface area contributed by atoms with Crippen molar-refractivity contribution < 1.29 is 0 Å². The van der Waals surface area contributed by atoms with Crippen LogP contribution in [0.2, 0.25) is 0 Å². The molecule has 0 saturated heterocycles. The lowest BCUT2D eigenvalue weighted by molar-refractivity contribution is 0.365. The predicted molar refractivity (Wildman–Crippen MR) is 88.3 cm³/mol. The van der Waals surface area contributed by atoms with Crippen molar-refractivity contribution in [3.05, 3.63) is 35.6 Å². The average molecular weight is 263 g/mol. The molecule has 0 amide bonds. The normalized spacial score (nSPS) is 11.3. The van der Waals surface area contributed by atoms with E-state index in [-0.39, 0.29) is 0 Å². The second-order valence-electron chi connectivity index (χ2n) is 5.63. The average Bonchev–Trinajstić information content (AvgIpc) is 2.34. The zero-order valence-electron chi connectivity index (χ0n) is 13.8. The largest absolute Gasteiger partial charge is 0.372 e. The van der Waals surface area contributed by atoms with Gasteiger partial charge in [0.1, 0.15) is 0 Å². The third-order valence-corrected chi connectivity index (χ3v) is 3.23. The molecule has 0 atom stereocenters. The molecule has 0 aromatic rings. The van der Waals surface area contributed by atoms with Gasteiger partial charge in [-0.1, -0.05) is 50.1 Å². The minimum absolute atomic E-state index is 1.02. The highest BCUT2D eigenvalue weighted by Gasteiger charge is 2.04. The Hall–Kier alpha value is -0.980. The van der Waals surface area contributed by atoms with Gasteiger partial charge in [-0.25, -0.2) is 0 Å². The number of hydrogen-bond acceptors (Lipinski definition) is 1. The Balaban J connectivity index is 4.27. The van der Waals surface area contributed by atoms with Crippen LogP contribution < -0.4 is 0 Å². The van der Waals surface area contributed by atoms with Gasteiger partial charge in [0, 0.05) is 18.8 Å². The molecule has 1 heteroatoms. The lowest BCUT2D eigenvalue weighted by Gasteiger charge is -2.25. The van der Waals surface area contributed by atoms with Crippen LogP contribution in [0.4, 0.5) is 0 Å². The summed E-state index contributed by atoms with van der Waals surface area (Å²) in [5.74, 6) is 0. The van der Waals surface area contributed by atoms with Gasteiger partial charge in [0.25, 0.3) is 0 Å². The first-order valence-corrected chi connectivity index (χ1v) is 7.72. The van der Waals surface area contributed by atoms with Crippen LogP contribution in [-0.4, -0.2) is 18.0 Å². The van der Waals surface area contributed by atoms with E-state index in [1.165, 1.54) is 36.1 Å². The van der Waals surface area contributed by atoms with Gasteiger partial charge in [-0.3, -0.25) is 0 Å². The quantitative estimate of drug-likeness (QED) is 0.457. The second kappa shape index (κ2) is 10.9. The third kappa shape index (κ3) is 9.58. The molecule has 0 aromatic carbocycles. The predicted octanol–water partition coefficient (Wildman–Crippen LogP) is 5.70. The van der Waals surface area contributed by atoms with Crippen LogP contribution in [0.25, 0.3) is 0 Å².